The lowest BCUT2D eigenvalue weighted by atomic mass is 9.88. The summed E-state index contributed by atoms with van der Waals surface area (Å²) in [5.41, 5.74) is 1.56. The van der Waals surface area contributed by atoms with E-state index in [0.29, 0.717) is 5.69 Å². The second kappa shape index (κ2) is 7.03. The third kappa shape index (κ3) is 3.82. The molecule has 1 aromatic heterocycles. The molecule has 0 saturated carbocycles. The van der Waals surface area contributed by atoms with Crippen LogP contribution in [0.25, 0.3) is 0 Å². The summed E-state index contributed by atoms with van der Waals surface area (Å²) < 4.78 is 0. The van der Waals surface area contributed by atoms with E-state index in [1.807, 2.05) is 36.9 Å². The fourth-order valence-corrected chi connectivity index (χ4v) is 2.75. The van der Waals surface area contributed by atoms with Gasteiger partial charge in [-0.05, 0) is 37.8 Å². The summed E-state index contributed by atoms with van der Waals surface area (Å²) >= 11 is 0. The zero-order valence-corrected chi connectivity index (χ0v) is 13.7. The lowest BCUT2D eigenvalue weighted by molar-refractivity contribution is 0.0600. The van der Waals surface area contributed by atoms with E-state index in [4.69, 9.17) is 0 Å². The topological polar surface area (TPSA) is 36.4 Å². The zero-order chi connectivity index (χ0) is 15.4. The molecular formula is C17H27N3O. The van der Waals surface area contributed by atoms with Crippen molar-refractivity contribution in [3.05, 3.63) is 29.6 Å². The van der Waals surface area contributed by atoms with Crippen LogP contribution in [0.3, 0.4) is 0 Å². The minimum absolute atomic E-state index is 0.0329. The Balaban J connectivity index is 1.97. The van der Waals surface area contributed by atoms with Crippen LogP contribution in [0.15, 0.2) is 18.2 Å². The van der Waals surface area contributed by atoms with E-state index >= 15 is 0 Å². The Bertz CT molecular complexity index is 477. The third-order valence-corrected chi connectivity index (χ3v) is 4.39. The van der Waals surface area contributed by atoms with Crippen LogP contribution >= 0.6 is 0 Å². The van der Waals surface area contributed by atoms with Gasteiger partial charge in [0.1, 0.15) is 5.69 Å². The first kappa shape index (κ1) is 16.0. The van der Waals surface area contributed by atoms with Crippen LogP contribution in [0.5, 0.6) is 0 Å². The van der Waals surface area contributed by atoms with Gasteiger partial charge in [-0.1, -0.05) is 19.9 Å². The van der Waals surface area contributed by atoms with Crippen LogP contribution in [0.2, 0.25) is 0 Å². The highest BCUT2D eigenvalue weighted by Crippen LogP contribution is 2.24. The molecule has 4 heteroatoms. The van der Waals surface area contributed by atoms with Crippen molar-refractivity contribution < 1.29 is 4.79 Å². The number of carbonyl (C=O) groups excluding carboxylic acids is 1. The van der Waals surface area contributed by atoms with Gasteiger partial charge in [0, 0.05) is 32.7 Å². The first-order valence-electron chi connectivity index (χ1n) is 8.02. The summed E-state index contributed by atoms with van der Waals surface area (Å²) in [6, 6.07) is 5.78. The number of hydrogen-bond donors (Lipinski definition) is 0. The van der Waals surface area contributed by atoms with Gasteiger partial charge in [0.2, 0.25) is 0 Å². The largest absolute Gasteiger partial charge is 0.338 e. The molecule has 116 valence electrons. The van der Waals surface area contributed by atoms with Crippen molar-refractivity contribution in [1.82, 2.24) is 14.8 Å². The Hall–Kier alpha value is -1.42. The lowest BCUT2D eigenvalue weighted by Gasteiger charge is -2.41. The second-order valence-electron chi connectivity index (χ2n) is 6.19. The SMILES string of the molecule is CCN(CC)C(=O)c1cccc(CN2CC(C(C)C)C2)n1. The molecule has 4 nitrogen and oxygen atoms in total. The molecule has 0 atom stereocenters. The number of carbonyl (C=O) groups is 1. The molecule has 0 spiro atoms. The van der Waals surface area contributed by atoms with Gasteiger partial charge in [-0.2, -0.15) is 0 Å². The number of hydrogen-bond acceptors (Lipinski definition) is 3. The molecule has 0 aliphatic carbocycles. The van der Waals surface area contributed by atoms with Gasteiger partial charge in [0.15, 0.2) is 0 Å². The minimum Gasteiger partial charge on any atom is -0.338 e. The first-order chi connectivity index (χ1) is 10.0. The summed E-state index contributed by atoms with van der Waals surface area (Å²) in [7, 11) is 0. The zero-order valence-electron chi connectivity index (χ0n) is 13.7. The number of rotatable bonds is 6. The summed E-state index contributed by atoms with van der Waals surface area (Å²) in [5, 5.41) is 0. The van der Waals surface area contributed by atoms with Gasteiger partial charge >= 0.3 is 0 Å². The van der Waals surface area contributed by atoms with Gasteiger partial charge in [0.05, 0.1) is 5.69 Å². The summed E-state index contributed by atoms with van der Waals surface area (Å²) in [4.78, 5) is 21.1. The van der Waals surface area contributed by atoms with Crippen molar-refractivity contribution in [2.45, 2.75) is 34.2 Å². The van der Waals surface area contributed by atoms with Gasteiger partial charge in [-0.3, -0.25) is 9.69 Å². The van der Waals surface area contributed by atoms with Crippen molar-refractivity contribution in [2.75, 3.05) is 26.2 Å². The number of amides is 1. The van der Waals surface area contributed by atoms with Crippen LogP contribution in [0.4, 0.5) is 0 Å². The minimum atomic E-state index is 0.0329. The average Bonchev–Trinajstić information content (AvgIpc) is 2.43. The molecule has 1 fully saturated rings. The van der Waals surface area contributed by atoms with E-state index in [1.54, 1.807) is 0 Å². The predicted octanol–water partition coefficient (Wildman–Crippen LogP) is 2.65. The van der Waals surface area contributed by atoms with E-state index in [0.717, 1.165) is 50.3 Å². The summed E-state index contributed by atoms with van der Waals surface area (Å²) in [5.74, 6) is 1.60. The second-order valence-corrected chi connectivity index (χ2v) is 6.19. The third-order valence-electron chi connectivity index (χ3n) is 4.39. The number of nitrogens with zero attached hydrogens (tertiary/aromatic N) is 3. The smallest absolute Gasteiger partial charge is 0.272 e. The van der Waals surface area contributed by atoms with E-state index in [2.05, 4.69) is 23.7 Å². The normalized spacial score (nSPS) is 16.0. The van der Waals surface area contributed by atoms with Gasteiger partial charge in [-0.15, -0.1) is 0 Å². The molecule has 0 bridgehead atoms. The first-order valence-corrected chi connectivity index (χ1v) is 8.02. The number of pyridine rings is 1. The molecule has 1 amide bonds. The highest BCUT2D eigenvalue weighted by Gasteiger charge is 2.29. The molecule has 2 heterocycles. The van der Waals surface area contributed by atoms with Crippen molar-refractivity contribution in [2.24, 2.45) is 11.8 Å². The van der Waals surface area contributed by atoms with Gasteiger partial charge in [0.25, 0.3) is 5.91 Å². The summed E-state index contributed by atoms with van der Waals surface area (Å²) in [6.45, 7) is 13.2. The van der Waals surface area contributed by atoms with E-state index in [-0.39, 0.29) is 5.91 Å². The molecule has 0 radical (unpaired) electrons. The van der Waals surface area contributed by atoms with Crippen molar-refractivity contribution >= 4 is 5.91 Å². The molecule has 2 rings (SSSR count). The maximum atomic E-state index is 12.3. The Morgan fingerprint density at radius 1 is 1.33 bits per heavy atom. The molecule has 0 aromatic carbocycles. The van der Waals surface area contributed by atoms with E-state index in [1.165, 1.54) is 0 Å². The van der Waals surface area contributed by atoms with Crippen molar-refractivity contribution in [3.8, 4) is 0 Å². The lowest BCUT2D eigenvalue weighted by Crippen LogP contribution is -2.48. The quantitative estimate of drug-likeness (QED) is 0.808. The molecule has 21 heavy (non-hydrogen) atoms. The van der Waals surface area contributed by atoms with E-state index < -0.39 is 0 Å². The average molecular weight is 289 g/mol. The molecule has 1 saturated heterocycles. The van der Waals surface area contributed by atoms with Crippen LogP contribution < -0.4 is 0 Å². The van der Waals surface area contributed by atoms with Crippen LogP contribution in [-0.2, 0) is 6.54 Å². The van der Waals surface area contributed by atoms with Gasteiger partial charge in [-0.25, -0.2) is 4.98 Å². The molecule has 1 aliphatic heterocycles. The molecule has 0 unspecified atom stereocenters. The van der Waals surface area contributed by atoms with Crippen molar-refractivity contribution in [3.63, 3.8) is 0 Å². The van der Waals surface area contributed by atoms with Crippen molar-refractivity contribution in [1.29, 1.82) is 0 Å². The maximum Gasteiger partial charge on any atom is 0.272 e. The highest BCUT2D eigenvalue weighted by atomic mass is 16.2. The van der Waals surface area contributed by atoms with E-state index in [9.17, 15) is 4.79 Å². The molecule has 1 aliphatic rings. The molecule has 0 N–H and O–H groups in total. The Morgan fingerprint density at radius 2 is 2.00 bits per heavy atom. The monoisotopic (exact) mass is 289 g/mol. The maximum absolute atomic E-state index is 12.3. The van der Waals surface area contributed by atoms with Gasteiger partial charge < -0.3 is 4.90 Å². The van der Waals surface area contributed by atoms with Crippen LogP contribution in [0, 0.1) is 11.8 Å². The highest BCUT2D eigenvalue weighted by molar-refractivity contribution is 5.92. The fraction of sp³-hybridized carbons (Fsp3) is 0.647. The number of likely N-dealkylation sites (tertiary alicyclic amines) is 1. The summed E-state index contributed by atoms with van der Waals surface area (Å²) in [6.07, 6.45) is 0. The predicted molar refractivity (Wildman–Crippen MR) is 85.1 cm³/mol. The Morgan fingerprint density at radius 3 is 2.57 bits per heavy atom. The van der Waals surface area contributed by atoms with Crippen LogP contribution in [-0.4, -0.2) is 46.9 Å². The number of aromatic nitrogens is 1. The molecular weight excluding hydrogens is 262 g/mol. The molecule has 1 aromatic rings. The fourth-order valence-electron chi connectivity index (χ4n) is 2.75. The standard InChI is InChI=1S/C17H27N3O/c1-5-20(6-2)17(21)16-9-7-8-15(18-16)12-19-10-14(11-19)13(3)4/h7-9,13-14H,5-6,10-12H2,1-4H3. The Labute approximate surface area is 128 Å². The Kier molecular flexibility index (Phi) is 5.34. The van der Waals surface area contributed by atoms with Crippen LogP contribution in [0.1, 0.15) is 43.9 Å².